The molecule has 23 heavy (non-hydrogen) atoms. The van der Waals surface area contributed by atoms with Crippen molar-refractivity contribution in [1.29, 1.82) is 0 Å². The summed E-state index contributed by atoms with van der Waals surface area (Å²) in [6.45, 7) is 8.02. The Balaban J connectivity index is 2.09. The molecule has 3 heteroatoms. The Bertz CT molecular complexity index is 872. The second-order valence-electron chi connectivity index (χ2n) is 5.19. The average Bonchev–Trinajstić information content (AvgIpc) is 2.98. The molecule has 2 nitrogen and oxygen atoms in total. The molecule has 0 aliphatic heterocycles. The number of aromatic nitrogens is 1. The molecule has 2 aromatic carbocycles. The van der Waals surface area contributed by atoms with Gasteiger partial charge in [0.15, 0.2) is 0 Å². The SMILES string of the molecule is C#CCN(C(=C)c1[se]c2ccccc2[n+]1CC)c1ccccc1. The molecule has 0 bridgehead atoms. The van der Waals surface area contributed by atoms with Gasteiger partial charge in [-0.3, -0.25) is 0 Å². The molecule has 0 fully saturated rings. The van der Waals surface area contributed by atoms with E-state index in [4.69, 9.17) is 6.42 Å². The third-order valence-corrected chi connectivity index (χ3v) is 6.36. The third-order valence-electron chi connectivity index (χ3n) is 3.81. The van der Waals surface area contributed by atoms with Crippen LogP contribution in [0.1, 0.15) is 11.5 Å². The van der Waals surface area contributed by atoms with Crippen LogP contribution < -0.4 is 9.47 Å². The van der Waals surface area contributed by atoms with E-state index in [9.17, 15) is 0 Å². The number of hydrogen-bond acceptors (Lipinski definition) is 1. The van der Waals surface area contributed by atoms with Crippen LogP contribution in [0, 0.1) is 12.3 Å². The number of anilines is 1. The van der Waals surface area contributed by atoms with Gasteiger partial charge in [-0.1, -0.05) is 0 Å². The molecule has 0 N–H and O–H groups in total. The van der Waals surface area contributed by atoms with Crippen molar-refractivity contribution in [2.24, 2.45) is 0 Å². The molecular weight excluding hydrogens is 347 g/mol. The van der Waals surface area contributed by atoms with Crippen LogP contribution >= 0.6 is 0 Å². The van der Waals surface area contributed by atoms with Crippen molar-refractivity contribution in [3.05, 3.63) is 65.7 Å². The molecule has 3 aromatic rings. The Kier molecular flexibility index (Phi) is 4.67. The monoisotopic (exact) mass is 367 g/mol. The molecule has 3 rings (SSSR count). The topological polar surface area (TPSA) is 7.12 Å². The Morgan fingerprint density at radius 1 is 1.17 bits per heavy atom. The number of terminal acetylenes is 1. The van der Waals surface area contributed by atoms with E-state index in [2.05, 4.69) is 65.3 Å². The summed E-state index contributed by atoms with van der Waals surface area (Å²) in [5.41, 5.74) is 3.40. The third kappa shape index (κ3) is 2.97. The Morgan fingerprint density at radius 3 is 2.57 bits per heavy atom. The standard InChI is InChI=1S/C20H19N2Se/c1-4-15-22(17-11-7-6-8-12-17)16(3)20-21(5-2)18-13-9-10-14-19(18)23-20/h1,6-14H,3,5,15H2,2H3/q+1. The predicted molar refractivity (Wildman–Crippen MR) is 98.4 cm³/mol. The molecule has 1 aromatic heterocycles. The summed E-state index contributed by atoms with van der Waals surface area (Å²) in [5, 5.41) is 0. The van der Waals surface area contributed by atoms with Gasteiger partial charge >= 0.3 is 143 Å². The summed E-state index contributed by atoms with van der Waals surface area (Å²) in [7, 11) is 0. The maximum atomic E-state index is 5.60. The molecule has 0 amide bonds. The summed E-state index contributed by atoms with van der Waals surface area (Å²) in [6.07, 6.45) is 5.60. The molecule has 0 atom stereocenters. The number of fused-ring (bicyclic) bond motifs is 1. The Morgan fingerprint density at radius 2 is 1.87 bits per heavy atom. The second kappa shape index (κ2) is 6.87. The van der Waals surface area contributed by atoms with Crippen molar-refractivity contribution in [1.82, 2.24) is 0 Å². The van der Waals surface area contributed by atoms with Gasteiger partial charge in [0.25, 0.3) is 0 Å². The minimum atomic E-state index is 0.255. The molecule has 0 spiro atoms. The number of rotatable bonds is 5. The van der Waals surface area contributed by atoms with Crippen molar-refractivity contribution >= 4 is 35.7 Å². The zero-order chi connectivity index (χ0) is 16.2. The van der Waals surface area contributed by atoms with Gasteiger partial charge in [-0.15, -0.1) is 0 Å². The van der Waals surface area contributed by atoms with E-state index >= 15 is 0 Å². The number of benzene rings is 2. The van der Waals surface area contributed by atoms with Crippen molar-refractivity contribution < 1.29 is 4.57 Å². The van der Waals surface area contributed by atoms with Crippen LogP contribution in [0.4, 0.5) is 5.69 Å². The predicted octanol–water partition coefficient (Wildman–Crippen LogP) is 3.31. The van der Waals surface area contributed by atoms with E-state index in [1.54, 1.807) is 0 Å². The van der Waals surface area contributed by atoms with Crippen molar-refractivity contribution in [3.8, 4) is 12.3 Å². The first kappa shape index (κ1) is 15.6. The molecule has 0 unspecified atom stereocenters. The summed E-state index contributed by atoms with van der Waals surface area (Å²) in [4.78, 5) is 2.13. The average molecular weight is 366 g/mol. The quantitative estimate of drug-likeness (QED) is 0.382. The summed E-state index contributed by atoms with van der Waals surface area (Å²) < 4.78 is 5.07. The van der Waals surface area contributed by atoms with Gasteiger partial charge in [-0.05, 0) is 0 Å². The Labute approximate surface area is 143 Å². The molecule has 114 valence electrons. The summed E-state index contributed by atoms with van der Waals surface area (Å²) in [5.74, 6) is 2.76. The molecule has 0 saturated carbocycles. The first-order valence-electron chi connectivity index (χ1n) is 7.63. The molecule has 0 radical (unpaired) electrons. The van der Waals surface area contributed by atoms with Crippen LogP contribution in [0.25, 0.3) is 15.5 Å². The number of nitrogens with zero attached hydrogens (tertiary/aromatic N) is 2. The molecule has 1 heterocycles. The van der Waals surface area contributed by atoms with Crippen LogP contribution in [0.5, 0.6) is 0 Å². The van der Waals surface area contributed by atoms with Crippen LogP contribution in [0.2, 0.25) is 0 Å². The summed E-state index contributed by atoms with van der Waals surface area (Å²) >= 11 is 0.255. The van der Waals surface area contributed by atoms with Crippen molar-refractivity contribution in [2.75, 3.05) is 11.4 Å². The zero-order valence-electron chi connectivity index (χ0n) is 13.2. The fraction of sp³-hybridized carbons (Fsp3) is 0.150. The molecule has 0 saturated heterocycles. The number of para-hydroxylation sites is 2. The number of aryl methyl sites for hydroxylation is 1. The van der Waals surface area contributed by atoms with E-state index in [0.29, 0.717) is 6.54 Å². The van der Waals surface area contributed by atoms with Crippen molar-refractivity contribution in [3.63, 3.8) is 0 Å². The second-order valence-corrected chi connectivity index (χ2v) is 7.35. The van der Waals surface area contributed by atoms with Crippen LogP contribution in [0.15, 0.2) is 61.2 Å². The van der Waals surface area contributed by atoms with Crippen LogP contribution in [0.3, 0.4) is 0 Å². The van der Waals surface area contributed by atoms with Gasteiger partial charge in [0.2, 0.25) is 0 Å². The van der Waals surface area contributed by atoms with Gasteiger partial charge in [0.05, 0.1) is 0 Å². The van der Waals surface area contributed by atoms with Crippen molar-refractivity contribution in [2.45, 2.75) is 13.5 Å². The first-order valence-corrected chi connectivity index (χ1v) is 9.34. The molecule has 0 aliphatic carbocycles. The maximum absolute atomic E-state index is 5.60. The van der Waals surface area contributed by atoms with Gasteiger partial charge in [-0.2, -0.15) is 0 Å². The Hall–Kier alpha value is -2.27. The van der Waals surface area contributed by atoms with Crippen LogP contribution in [-0.4, -0.2) is 21.0 Å². The first-order chi connectivity index (χ1) is 11.3. The normalized spacial score (nSPS) is 10.4. The minimum absolute atomic E-state index is 0.255. The van der Waals surface area contributed by atoms with E-state index < -0.39 is 0 Å². The molecular formula is C20H19N2Se+. The van der Waals surface area contributed by atoms with Gasteiger partial charge in [-0.25, -0.2) is 0 Å². The van der Waals surface area contributed by atoms with E-state index in [-0.39, 0.29) is 14.5 Å². The van der Waals surface area contributed by atoms with Crippen LogP contribution in [-0.2, 0) is 6.54 Å². The van der Waals surface area contributed by atoms with E-state index in [1.807, 2.05) is 18.2 Å². The number of hydrogen-bond donors (Lipinski definition) is 0. The van der Waals surface area contributed by atoms with E-state index in [0.717, 1.165) is 17.9 Å². The summed E-state index contributed by atoms with van der Waals surface area (Å²) in [6, 6.07) is 18.8. The zero-order valence-corrected chi connectivity index (χ0v) is 14.9. The van der Waals surface area contributed by atoms with E-state index in [1.165, 1.54) is 14.3 Å². The van der Waals surface area contributed by atoms with Gasteiger partial charge in [0.1, 0.15) is 0 Å². The fourth-order valence-corrected chi connectivity index (χ4v) is 5.25. The van der Waals surface area contributed by atoms with Gasteiger partial charge < -0.3 is 0 Å². The molecule has 0 aliphatic rings. The fourth-order valence-electron chi connectivity index (χ4n) is 2.72. The van der Waals surface area contributed by atoms with Gasteiger partial charge in [0, 0.05) is 0 Å².